The molecule has 0 spiro atoms. The fourth-order valence-corrected chi connectivity index (χ4v) is 1.84. The van der Waals surface area contributed by atoms with E-state index < -0.39 is 0 Å². The molecule has 1 N–H and O–H groups in total. The van der Waals surface area contributed by atoms with Crippen molar-refractivity contribution in [2.45, 2.75) is 13.0 Å². The first-order chi connectivity index (χ1) is 8.24. The molecule has 1 saturated heterocycles. The third kappa shape index (κ3) is 1.78. The van der Waals surface area contributed by atoms with Crippen LogP contribution in [0, 0.1) is 6.92 Å². The summed E-state index contributed by atoms with van der Waals surface area (Å²) in [4.78, 5) is 16.2. The van der Waals surface area contributed by atoms with Gasteiger partial charge in [0.2, 0.25) is 0 Å². The molecular weight excluding hydrogens is 218 g/mol. The number of hydrogen-bond acceptors (Lipinski definition) is 3. The number of fused-ring (bicyclic) bond motifs is 1. The minimum Gasteiger partial charge on any atom is -0.377 e. The Bertz CT molecular complexity index is 572. The van der Waals surface area contributed by atoms with Gasteiger partial charge in [0, 0.05) is 11.9 Å². The van der Waals surface area contributed by atoms with Crippen molar-refractivity contribution in [3.05, 3.63) is 35.8 Å². The van der Waals surface area contributed by atoms with Crippen molar-refractivity contribution < 1.29 is 9.53 Å². The Hall–Kier alpha value is -1.88. The maximum Gasteiger partial charge on any atom is 0.271 e. The van der Waals surface area contributed by atoms with Crippen LogP contribution in [0.15, 0.2) is 24.4 Å². The lowest BCUT2D eigenvalue weighted by Gasteiger charge is -2.26. The Balaban J connectivity index is 1.89. The summed E-state index contributed by atoms with van der Waals surface area (Å²) in [5.74, 6) is -0.138. The highest BCUT2D eigenvalue weighted by Crippen LogP contribution is 2.09. The minimum atomic E-state index is -0.138. The van der Waals surface area contributed by atoms with Gasteiger partial charge >= 0.3 is 0 Å². The maximum absolute atomic E-state index is 11.9. The predicted octanol–water partition coefficient (Wildman–Crippen LogP) is 0.771. The van der Waals surface area contributed by atoms with E-state index in [0.717, 1.165) is 11.3 Å². The third-order valence-corrected chi connectivity index (χ3v) is 2.90. The lowest BCUT2D eigenvalue weighted by atomic mass is 10.2. The van der Waals surface area contributed by atoms with Crippen LogP contribution < -0.4 is 5.32 Å². The number of nitrogens with zero attached hydrogens (tertiary/aromatic N) is 2. The topological polar surface area (TPSA) is 55.6 Å². The van der Waals surface area contributed by atoms with Crippen LogP contribution in [0.3, 0.4) is 0 Å². The van der Waals surface area contributed by atoms with Gasteiger partial charge in [-0.15, -0.1) is 0 Å². The number of imidazole rings is 1. The predicted molar refractivity (Wildman–Crippen MR) is 62.0 cm³/mol. The molecule has 3 heterocycles. The van der Waals surface area contributed by atoms with Gasteiger partial charge in [0.25, 0.3) is 5.91 Å². The molecule has 3 rings (SSSR count). The van der Waals surface area contributed by atoms with Crippen LogP contribution in [-0.4, -0.2) is 34.5 Å². The molecule has 88 valence electrons. The van der Waals surface area contributed by atoms with Gasteiger partial charge in [-0.2, -0.15) is 0 Å². The number of amides is 1. The van der Waals surface area contributed by atoms with Gasteiger partial charge in [-0.05, 0) is 19.1 Å². The second kappa shape index (κ2) is 3.85. The molecule has 0 aromatic carbocycles. The molecule has 1 amide bonds. The second-order valence-corrected chi connectivity index (χ2v) is 4.23. The fraction of sp³-hybridized carbons (Fsp3) is 0.333. The standard InChI is InChI=1S/C12H13N3O2/c1-8-3-2-4-11-14-10(5-15(8)11)12(16)13-9-6-17-7-9/h2-5,9H,6-7H2,1H3,(H,13,16). The summed E-state index contributed by atoms with van der Waals surface area (Å²) in [6.45, 7) is 3.17. The first kappa shape index (κ1) is 10.3. The normalized spacial score (nSPS) is 15.8. The number of nitrogens with one attached hydrogen (secondary N) is 1. The Morgan fingerprint density at radius 3 is 3.00 bits per heavy atom. The van der Waals surface area contributed by atoms with E-state index in [9.17, 15) is 4.79 Å². The van der Waals surface area contributed by atoms with Gasteiger partial charge in [0.15, 0.2) is 0 Å². The van der Waals surface area contributed by atoms with E-state index in [0.29, 0.717) is 18.9 Å². The lowest BCUT2D eigenvalue weighted by Crippen LogP contribution is -2.48. The lowest BCUT2D eigenvalue weighted by molar-refractivity contribution is -0.00353. The zero-order valence-electron chi connectivity index (χ0n) is 9.51. The number of aromatic nitrogens is 2. The van der Waals surface area contributed by atoms with Gasteiger partial charge in [-0.1, -0.05) is 6.07 Å². The molecule has 1 aliphatic heterocycles. The van der Waals surface area contributed by atoms with Crippen molar-refractivity contribution in [3.8, 4) is 0 Å². The molecule has 5 heteroatoms. The monoisotopic (exact) mass is 231 g/mol. The molecule has 2 aromatic heterocycles. The molecule has 2 aromatic rings. The van der Waals surface area contributed by atoms with Crippen molar-refractivity contribution in [1.29, 1.82) is 0 Å². The van der Waals surface area contributed by atoms with Crippen molar-refractivity contribution in [1.82, 2.24) is 14.7 Å². The fourth-order valence-electron chi connectivity index (χ4n) is 1.84. The molecule has 0 aliphatic carbocycles. The summed E-state index contributed by atoms with van der Waals surface area (Å²) in [6.07, 6.45) is 1.76. The molecule has 17 heavy (non-hydrogen) atoms. The van der Waals surface area contributed by atoms with Crippen LogP contribution in [0.5, 0.6) is 0 Å². The highest BCUT2D eigenvalue weighted by atomic mass is 16.5. The van der Waals surface area contributed by atoms with Crippen LogP contribution in [0.25, 0.3) is 5.65 Å². The summed E-state index contributed by atoms with van der Waals surface area (Å²) in [5.41, 5.74) is 2.30. The minimum absolute atomic E-state index is 0.133. The van der Waals surface area contributed by atoms with Gasteiger partial charge < -0.3 is 14.5 Å². The Labute approximate surface area is 98.4 Å². The van der Waals surface area contributed by atoms with Crippen LogP contribution in [0.4, 0.5) is 0 Å². The Kier molecular flexibility index (Phi) is 2.33. The molecule has 0 atom stereocenters. The van der Waals surface area contributed by atoms with Crippen molar-refractivity contribution in [2.75, 3.05) is 13.2 Å². The van der Waals surface area contributed by atoms with E-state index in [1.165, 1.54) is 0 Å². The van der Waals surface area contributed by atoms with E-state index >= 15 is 0 Å². The largest absolute Gasteiger partial charge is 0.377 e. The van der Waals surface area contributed by atoms with E-state index in [4.69, 9.17) is 4.74 Å². The number of hydrogen-bond donors (Lipinski definition) is 1. The van der Waals surface area contributed by atoms with Crippen molar-refractivity contribution >= 4 is 11.6 Å². The van der Waals surface area contributed by atoms with Crippen LogP contribution in [0.2, 0.25) is 0 Å². The van der Waals surface area contributed by atoms with Gasteiger partial charge in [0.1, 0.15) is 11.3 Å². The zero-order valence-corrected chi connectivity index (χ0v) is 9.51. The molecule has 0 unspecified atom stereocenters. The second-order valence-electron chi connectivity index (χ2n) is 4.23. The number of carbonyl (C=O) groups is 1. The molecule has 0 bridgehead atoms. The van der Waals surface area contributed by atoms with E-state index in [1.54, 1.807) is 6.20 Å². The third-order valence-electron chi connectivity index (χ3n) is 2.90. The molecular formula is C12H13N3O2. The first-order valence-electron chi connectivity index (χ1n) is 5.57. The zero-order chi connectivity index (χ0) is 11.8. The number of aryl methyl sites for hydroxylation is 1. The number of rotatable bonds is 2. The van der Waals surface area contributed by atoms with E-state index in [1.807, 2.05) is 29.5 Å². The highest BCUT2D eigenvalue weighted by molar-refractivity contribution is 5.93. The quantitative estimate of drug-likeness (QED) is 0.830. The van der Waals surface area contributed by atoms with Crippen LogP contribution >= 0.6 is 0 Å². The van der Waals surface area contributed by atoms with Gasteiger partial charge in [-0.25, -0.2) is 4.98 Å². The van der Waals surface area contributed by atoms with Crippen LogP contribution in [-0.2, 0) is 4.74 Å². The molecule has 0 radical (unpaired) electrons. The number of ether oxygens (including phenoxy) is 1. The number of pyridine rings is 1. The van der Waals surface area contributed by atoms with E-state index in [-0.39, 0.29) is 11.9 Å². The summed E-state index contributed by atoms with van der Waals surface area (Å²) >= 11 is 0. The Morgan fingerprint density at radius 1 is 1.53 bits per heavy atom. The Morgan fingerprint density at radius 2 is 2.35 bits per heavy atom. The molecule has 1 fully saturated rings. The molecule has 0 saturated carbocycles. The summed E-state index contributed by atoms with van der Waals surface area (Å²) in [7, 11) is 0. The van der Waals surface area contributed by atoms with Crippen LogP contribution in [0.1, 0.15) is 16.2 Å². The van der Waals surface area contributed by atoms with E-state index in [2.05, 4.69) is 10.3 Å². The number of carbonyl (C=O) groups excluding carboxylic acids is 1. The highest BCUT2D eigenvalue weighted by Gasteiger charge is 2.22. The first-order valence-corrected chi connectivity index (χ1v) is 5.57. The summed E-state index contributed by atoms with van der Waals surface area (Å²) in [6, 6.07) is 5.93. The maximum atomic E-state index is 11.9. The smallest absolute Gasteiger partial charge is 0.271 e. The summed E-state index contributed by atoms with van der Waals surface area (Å²) < 4.78 is 6.92. The van der Waals surface area contributed by atoms with Gasteiger partial charge in [-0.3, -0.25) is 4.79 Å². The SMILES string of the molecule is Cc1cccc2nc(C(=O)NC3COC3)cn12. The van der Waals surface area contributed by atoms with Crippen molar-refractivity contribution in [3.63, 3.8) is 0 Å². The molecule has 5 nitrogen and oxygen atoms in total. The average molecular weight is 231 g/mol. The average Bonchev–Trinajstić information content (AvgIpc) is 2.68. The summed E-state index contributed by atoms with van der Waals surface area (Å²) in [5, 5.41) is 2.87. The van der Waals surface area contributed by atoms with Gasteiger partial charge in [0.05, 0.1) is 19.3 Å². The molecule has 1 aliphatic rings. The van der Waals surface area contributed by atoms with Crippen molar-refractivity contribution in [2.24, 2.45) is 0 Å².